The fourth-order valence-electron chi connectivity index (χ4n) is 2.96. The number of fused-ring (bicyclic) bond motifs is 1. The number of para-hydroxylation sites is 1. The number of nitrogens with zero attached hydrogens (tertiary/aromatic N) is 3. The summed E-state index contributed by atoms with van der Waals surface area (Å²) in [5, 5.41) is 16.9. The average molecular weight is 416 g/mol. The quantitative estimate of drug-likeness (QED) is 0.495. The monoisotopic (exact) mass is 416 g/mol. The molecule has 0 aliphatic carbocycles. The van der Waals surface area contributed by atoms with Crippen LogP contribution in [-0.2, 0) is 9.53 Å². The van der Waals surface area contributed by atoms with Crippen LogP contribution in [0.2, 0.25) is 0 Å². The number of ether oxygens (including phenoxy) is 1. The second kappa shape index (κ2) is 8.19. The smallest absolute Gasteiger partial charge is 0.348 e. The number of carbonyl (C=O) groups is 2. The van der Waals surface area contributed by atoms with Crippen molar-refractivity contribution in [3.05, 3.63) is 76.8 Å². The molecule has 1 amide bonds. The number of carbonyl (C=O) groups excluding carboxylic acids is 2. The van der Waals surface area contributed by atoms with E-state index in [1.165, 1.54) is 11.3 Å². The van der Waals surface area contributed by atoms with Crippen molar-refractivity contribution in [2.75, 3.05) is 11.9 Å². The van der Waals surface area contributed by atoms with Crippen molar-refractivity contribution in [2.24, 2.45) is 0 Å². The minimum atomic E-state index is -0.573. The fourth-order valence-corrected chi connectivity index (χ4v) is 4.03. The minimum Gasteiger partial charge on any atom is -0.451 e. The van der Waals surface area contributed by atoms with Gasteiger partial charge in [-0.3, -0.25) is 4.79 Å². The fraction of sp³-hybridized carbons (Fsp3) is 0.0909. The van der Waals surface area contributed by atoms with Crippen molar-refractivity contribution in [2.45, 2.75) is 6.92 Å². The average Bonchev–Trinajstić information content (AvgIpc) is 3.33. The Morgan fingerprint density at radius 3 is 2.73 bits per heavy atom. The second-order valence-electron chi connectivity index (χ2n) is 6.48. The summed E-state index contributed by atoms with van der Waals surface area (Å²) in [5.41, 5.74) is 2.60. The summed E-state index contributed by atoms with van der Waals surface area (Å²) in [6, 6.07) is 19.9. The number of hydrogen-bond acceptors (Lipinski definition) is 6. The van der Waals surface area contributed by atoms with Crippen molar-refractivity contribution in [3.8, 4) is 11.8 Å². The molecule has 8 heteroatoms. The molecule has 2 aromatic heterocycles. The summed E-state index contributed by atoms with van der Waals surface area (Å²) >= 11 is 1.27. The molecule has 0 bridgehead atoms. The van der Waals surface area contributed by atoms with Gasteiger partial charge in [0.05, 0.1) is 23.0 Å². The van der Waals surface area contributed by atoms with Gasteiger partial charge >= 0.3 is 5.97 Å². The number of esters is 1. The van der Waals surface area contributed by atoms with Crippen LogP contribution in [0.1, 0.15) is 20.9 Å². The molecule has 0 aliphatic rings. The summed E-state index contributed by atoms with van der Waals surface area (Å²) in [6.07, 6.45) is 0. The highest BCUT2D eigenvalue weighted by Crippen LogP contribution is 2.30. The van der Waals surface area contributed by atoms with E-state index in [2.05, 4.69) is 10.4 Å². The molecule has 0 spiro atoms. The van der Waals surface area contributed by atoms with Gasteiger partial charge in [0.1, 0.15) is 9.71 Å². The zero-order chi connectivity index (χ0) is 21.1. The van der Waals surface area contributed by atoms with Crippen LogP contribution in [0.5, 0.6) is 0 Å². The Balaban J connectivity index is 1.46. The zero-order valence-electron chi connectivity index (χ0n) is 16.0. The van der Waals surface area contributed by atoms with Gasteiger partial charge in [-0.15, -0.1) is 11.3 Å². The molecule has 2 aromatic carbocycles. The lowest BCUT2D eigenvalue weighted by atomic mass is 10.2. The second-order valence-corrected chi connectivity index (χ2v) is 7.51. The number of aromatic nitrogens is 2. The molecule has 30 heavy (non-hydrogen) atoms. The molecular weight excluding hydrogens is 400 g/mol. The predicted octanol–water partition coefficient (Wildman–Crippen LogP) is 4.06. The number of benzene rings is 2. The number of nitriles is 1. The Labute approximate surface area is 176 Å². The Morgan fingerprint density at radius 2 is 1.97 bits per heavy atom. The Bertz CT molecular complexity index is 1280. The third-order valence-corrected chi connectivity index (χ3v) is 5.45. The summed E-state index contributed by atoms with van der Waals surface area (Å²) < 4.78 is 6.96. The Kier molecular flexibility index (Phi) is 5.28. The van der Waals surface area contributed by atoms with Crippen LogP contribution in [0.3, 0.4) is 0 Å². The highest BCUT2D eigenvalue weighted by atomic mass is 32.1. The number of amides is 1. The number of thiophene rings is 1. The summed E-state index contributed by atoms with van der Waals surface area (Å²) in [6.45, 7) is 1.46. The third kappa shape index (κ3) is 3.92. The van der Waals surface area contributed by atoms with Crippen molar-refractivity contribution < 1.29 is 14.3 Å². The van der Waals surface area contributed by atoms with Crippen molar-refractivity contribution >= 4 is 39.1 Å². The highest BCUT2D eigenvalue weighted by molar-refractivity contribution is 7.20. The van der Waals surface area contributed by atoms with E-state index in [0.717, 1.165) is 21.6 Å². The molecule has 0 atom stereocenters. The van der Waals surface area contributed by atoms with Crippen molar-refractivity contribution in [1.82, 2.24) is 9.78 Å². The highest BCUT2D eigenvalue weighted by Gasteiger charge is 2.19. The first-order valence-electron chi connectivity index (χ1n) is 9.07. The van der Waals surface area contributed by atoms with Crippen LogP contribution >= 0.6 is 11.3 Å². The SMILES string of the molecule is Cc1nn(-c2ccccc2)c2sc(C(=O)OCC(=O)Nc3cccc(C#N)c3)cc12. The molecule has 2 heterocycles. The summed E-state index contributed by atoms with van der Waals surface area (Å²) in [4.78, 5) is 25.8. The summed E-state index contributed by atoms with van der Waals surface area (Å²) in [5.74, 6) is -1.05. The third-order valence-electron chi connectivity index (χ3n) is 4.36. The van der Waals surface area contributed by atoms with E-state index >= 15 is 0 Å². The van der Waals surface area contributed by atoms with Crippen LogP contribution < -0.4 is 5.32 Å². The van der Waals surface area contributed by atoms with E-state index in [4.69, 9.17) is 10.00 Å². The predicted molar refractivity (Wildman–Crippen MR) is 114 cm³/mol. The molecule has 0 unspecified atom stereocenters. The maximum Gasteiger partial charge on any atom is 0.348 e. The van der Waals surface area contributed by atoms with Crippen LogP contribution in [-0.4, -0.2) is 28.3 Å². The first kappa shape index (κ1) is 19.4. The van der Waals surface area contributed by atoms with Gasteiger partial charge in [0.2, 0.25) is 0 Å². The molecule has 1 N–H and O–H groups in total. The first-order chi connectivity index (χ1) is 14.5. The van der Waals surface area contributed by atoms with E-state index < -0.39 is 18.5 Å². The normalized spacial score (nSPS) is 10.5. The maximum atomic E-state index is 12.5. The number of hydrogen-bond donors (Lipinski definition) is 1. The number of anilines is 1. The standard InChI is InChI=1S/C22H16N4O3S/c1-14-18-11-19(30-21(18)26(25-14)17-8-3-2-4-9-17)22(28)29-13-20(27)24-16-7-5-6-15(10-16)12-23/h2-11H,13H2,1H3,(H,24,27). The van der Waals surface area contributed by atoms with Crippen LogP contribution in [0.25, 0.3) is 15.9 Å². The van der Waals surface area contributed by atoms with Gasteiger partial charge in [0.15, 0.2) is 6.61 Å². The maximum absolute atomic E-state index is 12.5. The van der Waals surface area contributed by atoms with Gasteiger partial charge in [0, 0.05) is 11.1 Å². The Morgan fingerprint density at radius 1 is 1.17 bits per heavy atom. The number of nitrogens with one attached hydrogen (secondary N) is 1. The van der Waals surface area contributed by atoms with Gasteiger partial charge in [-0.1, -0.05) is 24.3 Å². The van der Waals surface area contributed by atoms with E-state index in [9.17, 15) is 9.59 Å². The van der Waals surface area contributed by atoms with Gasteiger partial charge in [-0.2, -0.15) is 10.4 Å². The van der Waals surface area contributed by atoms with Crippen LogP contribution in [0.4, 0.5) is 5.69 Å². The Hall–Kier alpha value is -3.96. The largest absolute Gasteiger partial charge is 0.451 e. The molecule has 0 saturated heterocycles. The molecule has 4 aromatic rings. The molecular formula is C22H16N4O3S. The van der Waals surface area contributed by atoms with Crippen molar-refractivity contribution in [1.29, 1.82) is 5.26 Å². The lowest BCUT2D eigenvalue weighted by molar-refractivity contribution is -0.119. The van der Waals surface area contributed by atoms with E-state index in [1.54, 1.807) is 35.0 Å². The summed E-state index contributed by atoms with van der Waals surface area (Å²) in [7, 11) is 0. The molecule has 4 rings (SSSR count). The molecule has 0 fully saturated rings. The number of rotatable bonds is 5. The van der Waals surface area contributed by atoms with Crippen molar-refractivity contribution in [3.63, 3.8) is 0 Å². The zero-order valence-corrected chi connectivity index (χ0v) is 16.8. The first-order valence-corrected chi connectivity index (χ1v) is 9.88. The van der Waals surface area contributed by atoms with Gasteiger partial charge in [-0.25, -0.2) is 9.48 Å². The molecule has 0 aliphatic heterocycles. The lowest BCUT2D eigenvalue weighted by Crippen LogP contribution is -2.20. The topological polar surface area (TPSA) is 97.0 Å². The lowest BCUT2D eigenvalue weighted by Gasteiger charge is -2.06. The molecule has 148 valence electrons. The molecule has 7 nitrogen and oxygen atoms in total. The molecule has 0 radical (unpaired) electrons. The van der Waals surface area contributed by atoms with E-state index in [1.807, 2.05) is 43.3 Å². The van der Waals surface area contributed by atoms with Gasteiger partial charge in [0.25, 0.3) is 5.91 Å². The number of aryl methyl sites for hydroxylation is 1. The van der Waals surface area contributed by atoms with Gasteiger partial charge in [-0.05, 0) is 43.3 Å². The molecule has 0 saturated carbocycles. The van der Waals surface area contributed by atoms with E-state index in [-0.39, 0.29) is 0 Å². The van der Waals surface area contributed by atoms with Crippen LogP contribution in [0, 0.1) is 18.3 Å². The van der Waals surface area contributed by atoms with Gasteiger partial charge < -0.3 is 10.1 Å². The van der Waals surface area contributed by atoms with E-state index in [0.29, 0.717) is 16.1 Å². The van der Waals surface area contributed by atoms with Crippen LogP contribution in [0.15, 0.2) is 60.7 Å². The minimum absolute atomic E-state index is 0.398.